The fourth-order valence-electron chi connectivity index (χ4n) is 3.44. The van der Waals surface area contributed by atoms with Gasteiger partial charge in [-0.2, -0.15) is 0 Å². The van der Waals surface area contributed by atoms with Crippen LogP contribution in [0.15, 0.2) is 60.9 Å². The van der Waals surface area contributed by atoms with E-state index in [-0.39, 0.29) is 0 Å². The molecular weight excluding hydrogens is 308 g/mol. The normalized spacial score (nSPS) is 12.8. The van der Waals surface area contributed by atoms with E-state index in [1.54, 1.807) is 0 Å². The SMILES string of the molecule is CCN(CC)C(CNCc1cnc2ccccn12)Cc1ccccc1. The number of likely N-dealkylation sites (N-methyl/N-ethyl adjacent to an activating group) is 1. The zero-order valence-corrected chi connectivity index (χ0v) is 15.2. The molecule has 132 valence electrons. The zero-order valence-electron chi connectivity index (χ0n) is 15.2. The molecule has 1 aromatic carbocycles. The third kappa shape index (κ3) is 4.47. The van der Waals surface area contributed by atoms with Gasteiger partial charge in [-0.3, -0.25) is 4.90 Å². The molecule has 0 saturated heterocycles. The lowest BCUT2D eigenvalue weighted by Crippen LogP contribution is -2.43. The molecule has 0 aliphatic carbocycles. The molecule has 3 rings (SSSR count). The van der Waals surface area contributed by atoms with Gasteiger partial charge in [0.05, 0.1) is 11.9 Å². The second kappa shape index (κ2) is 8.79. The molecule has 1 unspecified atom stereocenters. The Hall–Kier alpha value is -2.17. The Morgan fingerprint density at radius 3 is 2.56 bits per heavy atom. The average Bonchev–Trinajstić information content (AvgIpc) is 3.07. The van der Waals surface area contributed by atoms with Crippen molar-refractivity contribution in [3.8, 4) is 0 Å². The Labute approximate surface area is 150 Å². The van der Waals surface area contributed by atoms with Gasteiger partial charge in [0.2, 0.25) is 0 Å². The molecule has 3 aromatic rings. The molecular formula is C21H28N4. The highest BCUT2D eigenvalue weighted by atomic mass is 15.2. The minimum Gasteiger partial charge on any atom is -0.310 e. The lowest BCUT2D eigenvalue weighted by molar-refractivity contribution is 0.209. The minimum absolute atomic E-state index is 0.497. The van der Waals surface area contributed by atoms with Crippen LogP contribution in [-0.4, -0.2) is 40.0 Å². The third-order valence-electron chi connectivity index (χ3n) is 4.82. The van der Waals surface area contributed by atoms with Gasteiger partial charge in [0.15, 0.2) is 0 Å². The summed E-state index contributed by atoms with van der Waals surface area (Å²) in [4.78, 5) is 7.00. The summed E-state index contributed by atoms with van der Waals surface area (Å²) in [5.41, 5.74) is 3.61. The predicted molar refractivity (Wildman–Crippen MR) is 104 cm³/mol. The monoisotopic (exact) mass is 336 g/mol. The van der Waals surface area contributed by atoms with E-state index in [1.165, 1.54) is 11.3 Å². The number of imidazole rings is 1. The van der Waals surface area contributed by atoms with Crippen molar-refractivity contribution in [2.75, 3.05) is 19.6 Å². The Kier molecular flexibility index (Phi) is 6.20. The number of hydrogen-bond donors (Lipinski definition) is 1. The molecule has 4 heteroatoms. The molecule has 2 heterocycles. The van der Waals surface area contributed by atoms with Crippen LogP contribution in [0.25, 0.3) is 5.65 Å². The molecule has 1 N–H and O–H groups in total. The first-order valence-electron chi connectivity index (χ1n) is 9.21. The van der Waals surface area contributed by atoms with Crippen LogP contribution in [0.1, 0.15) is 25.1 Å². The predicted octanol–water partition coefficient (Wildman–Crippen LogP) is 3.38. The van der Waals surface area contributed by atoms with E-state index in [4.69, 9.17) is 0 Å². The van der Waals surface area contributed by atoms with Crippen molar-refractivity contribution < 1.29 is 0 Å². The number of benzene rings is 1. The second-order valence-corrected chi connectivity index (χ2v) is 6.37. The van der Waals surface area contributed by atoms with Crippen molar-refractivity contribution in [2.45, 2.75) is 32.9 Å². The van der Waals surface area contributed by atoms with Crippen molar-refractivity contribution >= 4 is 5.65 Å². The number of aromatic nitrogens is 2. The first-order valence-corrected chi connectivity index (χ1v) is 9.21. The topological polar surface area (TPSA) is 32.6 Å². The van der Waals surface area contributed by atoms with Crippen LogP contribution < -0.4 is 5.32 Å². The molecule has 1 atom stereocenters. The van der Waals surface area contributed by atoms with E-state index in [2.05, 4.69) is 70.0 Å². The Morgan fingerprint density at radius 2 is 1.80 bits per heavy atom. The van der Waals surface area contributed by atoms with Gasteiger partial charge in [0.1, 0.15) is 5.65 Å². The van der Waals surface area contributed by atoms with Gasteiger partial charge in [-0.05, 0) is 37.2 Å². The van der Waals surface area contributed by atoms with Crippen molar-refractivity contribution in [1.29, 1.82) is 0 Å². The van der Waals surface area contributed by atoms with Crippen LogP contribution in [0.2, 0.25) is 0 Å². The van der Waals surface area contributed by atoms with Crippen molar-refractivity contribution in [3.05, 3.63) is 72.2 Å². The number of pyridine rings is 1. The maximum atomic E-state index is 4.46. The van der Waals surface area contributed by atoms with Crippen LogP contribution in [0, 0.1) is 0 Å². The molecule has 25 heavy (non-hydrogen) atoms. The highest BCUT2D eigenvalue weighted by Crippen LogP contribution is 2.10. The van der Waals surface area contributed by atoms with E-state index in [0.717, 1.165) is 38.2 Å². The largest absolute Gasteiger partial charge is 0.310 e. The van der Waals surface area contributed by atoms with Crippen LogP contribution in [0.4, 0.5) is 0 Å². The smallest absolute Gasteiger partial charge is 0.136 e. The molecule has 0 bridgehead atoms. The second-order valence-electron chi connectivity index (χ2n) is 6.37. The van der Waals surface area contributed by atoms with E-state index < -0.39 is 0 Å². The van der Waals surface area contributed by atoms with E-state index in [0.29, 0.717) is 6.04 Å². The van der Waals surface area contributed by atoms with Crippen molar-refractivity contribution in [2.24, 2.45) is 0 Å². The van der Waals surface area contributed by atoms with Crippen LogP contribution >= 0.6 is 0 Å². The molecule has 0 amide bonds. The molecule has 0 fully saturated rings. The Bertz CT molecular complexity index is 762. The van der Waals surface area contributed by atoms with Crippen LogP contribution in [-0.2, 0) is 13.0 Å². The number of hydrogen-bond acceptors (Lipinski definition) is 3. The lowest BCUT2D eigenvalue weighted by atomic mass is 10.0. The summed E-state index contributed by atoms with van der Waals surface area (Å²) in [6, 6.07) is 17.4. The number of rotatable bonds is 9. The van der Waals surface area contributed by atoms with E-state index in [9.17, 15) is 0 Å². The summed E-state index contributed by atoms with van der Waals surface area (Å²) in [5, 5.41) is 3.65. The minimum atomic E-state index is 0.497. The van der Waals surface area contributed by atoms with Crippen LogP contribution in [0.3, 0.4) is 0 Å². The van der Waals surface area contributed by atoms with E-state index >= 15 is 0 Å². The zero-order chi connectivity index (χ0) is 17.5. The number of nitrogens with zero attached hydrogens (tertiary/aromatic N) is 3. The molecule has 0 spiro atoms. The highest BCUT2D eigenvalue weighted by molar-refractivity contribution is 5.39. The summed E-state index contributed by atoms with van der Waals surface area (Å²) >= 11 is 0. The van der Waals surface area contributed by atoms with Gasteiger partial charge in [0.25, 0.3) is 0 Å². The summed E-state index contributed by atoms with van der Waals surface area (Å²) < 4.78 is 2.15. The molecule has 0 saturated carbocycles. The first kappa shape index (κ1) is 17.6. The Balaban J connectivity index is 1.63. The van der Waals surface area contributed by atoms with Crippen molar-refractivity contribution in [3.63, 3.8) is 0 Å². The molecule has 0 radical (unpaired) electrons. The highest BCUT2D eigenvalue weighted by Gasteiger charge is 2.16. The number of nitrogens with one attached hydrogen (secondary N) is 1. The standard InChI is InChI=1S/C21H28N4/c1-3-24(4-2)19(14-18-10-6-5-7-11-18)15-22-16-20-17-23-21-12-8-9-13-25(20)21/h5-13,17,19,22H,3-4,14-16H2,1-2H3. The maximum absolute atomic E-state index is 4.46. The summed E-state index contributed by atoms with van der Waals surface area (Å²) in [6.07, 6.45) is 5.11. The molecule has 2 aromatic heterocycles. The van der Waals surface area contributed by atoms with Gasteiger partial charge in [-0.1, -0.05) is 50.2 Å². The summed E-state index contributed by atoms with van der Waals surface area (Å²) in [5.74, 6) is 0. The first-order chi connectivity index (χ1) is 12.3. The molecule has 0 aliphatic rings. The van der Waals surface area contributed by atoms with Gasteiger partial charge in [-0.25, -0.2) is 4.98 Å². The van der Waals surface area contributed by atoms with Gasteiger partial charge >= 0.3 is 0 Å². The lowest BCUT2D eigenvalue weighted by Gasteiger charge is -2.30. The average molecular weight is 336 g/mol. The molecule has 4 nitrogen and oxygen atoms in total. The quantitative estimate of drug-likeness (QED) is 0.650. The van der Waals surface area contributed by atoms with Gasteiger partial charge in [0, 0.05) is 25.3 Å². The summed E-state index contributed by atoms with van der Waals surface area (Å²) in [7, 11) is 0. The number of fused-ring (bicyclic) bond motifs is 1. The fraction of sp³-hybridized carbons (Fsp3) is 0.381. The van der Waals surface area contributed by atoms with Crippen molar-refractivity contribution in [1.82, 2.24) is 19.6 Å². The Morgan fingerprint density at radius 1 is 1.04 bits per heavy atom. The maximum Gasteiger partial charge on any atom is 0.136 e. The summed E-state index contributed by atoms with van der Waals surface area (Å²) in [6.45, 7) is 8.43. The van der Waals surface area contributed by atoms with Gasteiger partial charge < -0.3 is 9.72 Å². The van der Waals surface area contributed by atoms with Gasteiger partial charge in [-0.15, -0.1) is 0 Å². The third-order valence-corrected chi connectivity index (χ3v) is 4.82. The van der Waals surface area contributed by atoms with Crippen LogP contribution in [0.5, 0.6) is 0 Å². The molecule has 0 aliphatic heterocycles. The van der Waals surface area contributed by atoms with E-state index in [1.807, 2.05) is 24.4 Å². The fourth-order valence-corrected chi connectivity index (χ4v) is 3.44.